The lowest BCUT2D eigenvalue weighted by Crippen LogP contribution is -1.90. The molecule has 4 rings (SSSR count). The van der Waals surface area contributed by atoms with E-state index >= 15 is 0 Å². The SMILES string of the molecule is CO.c1ccc(-c2cccc(-c3ccccc3)c2-c2ccccc2)cc1. The van der Waals surface area contributed by atoms with Crippen molar-refractivity contribution < 1.29 is 5.11 Å². The van der Waals surface area contributed by atoms with Crippen LogP contribution in [0.15, 0.2) is 109 Å². The zero-order valence-electron chi connectivity index (χ0n) is 14.8. The molecule has 0 aliphatic carbocycles. The van der Waals surface area contributed by atoms with Gasteiger partial charge >= 0.3 is 0 Å². The summed E-state index contributed by atoms with van der Waals surface area (Å²) in [6, 6.07) is 38.4. The zero-order chi connectivity index (χ0) is 18.2. The van der Waals surface area contributed by atoms with Crippen LogP contribution in [0.25, 0.3) is 33.4 Å². The summed E-state index contributed by atoms with van der Waals surface area (Å²) in [5, 5.41) is 7.00. The van der Waals surface area contributed by atoms with Crippen LogP contribution in [-0.2, 0) is 0 Å². The van der Waals surface area contributed by atoms with Crippen molar-refractivity contribution >= 4 is 0 Å². The molecule has 4 aromatic rings. The number of hydrogen-bond acceptors (Lipinski definition) is 1. The molecule has 0 fully saturated rings. The Balaban J connectivity index is 0.000000948. The van der Waals surface area contributed by atoms with Gasteiger partial charge in [-0.2, -0.15) is 0 Å². The average molecular weight is 338 g/mol. The molecule has 0 radical (unpaired) electrons. The van der Waals surface area contributed by atoms with Gasteiger partial charge in [0.2, 0.25) is 0 Å². The van der Waals surface area contributed by atoms with Gasteiger partial charge in [-0.25, -0.2) is 0 Å². The third-order valence-corrected chi connectivity index (χ3v) is 4.30. The van der Waals surface area contributed by atoms with Gasteiger partial charge in [0.05, 0.1) is 0 Å². The van der Waals surface area contributed by atoms with E-state index in [9.17, 15) is 0 Å². The second kappa shape index (κ2) is 8.80. The van der Waals surface area contributed by atoms with E-state index in [2.05, 4.69) is 109 Å². The highest BCUT2D eigenvalue weighted by atomic mass is 16.2. The molecule has 128 valence electrons. The predicted molar refractivity (Wildman–Crippen MR) is 111 cm³/mol. The van der Waals surface area contributed by atoms with Crippen molar-refractivity contribution in [2.45, 2.75) is 0 Å². The van der Waals surface area contributed by atoms with E-state index < -0.39 is 0 Å². The van der Waals surface area contributed by atoms with E-state index in [-0.39, 0.29) is 0 Å². The zero-order valence-corrected chi connectivity index (χ0v) is 14.8. The van der Waals surface area contributed by atoms with Crippen molar-refractivity contribution in [2.24, 2.45) is 0 Å². The smallest absolute Gasteiger partial charge is 0.0319 e. The summed E-state index contributed by atoms with van der Waals surface area (Å²) in [5.74, 6) is 0. The van der Waals surface area contributed by atoms with Crippen LogP contribution in [0.3, 0.4) is 0 Å². The average Bonchev–Trinajstić information content (AvgIpc) is 2.76. The van der Waals surface area contributed by atoms with Gasteiger partial charge in [-0.3, -0.25) is 0 Å². The minimum atomic E-state index is 1.00. The Kier molecular flexibility index (Phi) is 5.97. The topological polar surface area (TPSA) is 20.2 Å². The van der Waals surface area contributed by atoms with Crippen molar-refractivity contribution in [1.82, 2.24) is 0 Å². The van der Waals surface area contributed by atoms with Gasteiger partial charge in [0.25, 0.3) is 0 Å². The first kappa shape index (κ1) is 17.7. The molecule has 26 heavy (non-hydrogen) atoms. The van der Waals surface area contributed by atoms with Gasteiger partial charge in [0.15, 0.2) is 0 Å². The van der Waals surface area contributed by atoms with Crippen molar-refractivity contribution in [2.75, 3.05) is 7.11 Å². The molecular formula is C25H22O. The molecule has 0 amide bonds. The highest BCUT2D eigenvalue weighted by Crippen LogP contribution is 2.39. The van der Waals surface area contributed by atoms with Crippen molar-refractivity contribution in [3.05, 3.63) is 109 Å². The quantitative estimate of drug-likeness (QED) is 0.465. The van der Waals surface area contributed by atoms with Crippen LogP contribution >= 0.6 is 0 Å². The van der Waals surface area contributed by atoms with E-state index in [1.54, 1.807) is 0 Å². The minimum Gasteiger partial charge on any atom is -0.400 e. The van der Waals surface area contributed by atoms with Crippen LogP contribution in [0.1, 0.15) is 0 Å². The lowest BCUT2D eigenvalue weighted by Gasteiger charge is -2.16. The van der Waals surface area contributed by atoms with Crippen molar-refractivity contribution in [3.8, 4) is 33.4 Å². The Hall–Kier alpha value is -3.16. The molecule has 0 heterocycles. The van der Waals surface area contributed by atoms with Crippen LogP contribution in [0.2, 0.25) is 0 Å². The second-order valence-corrected chi connectivity index (χ2v) is 5.83. The fourth-order valence-corrected chi connectivity index (χ4v) is 3.18. The molecule has 0 bridgehead atoms. The highest BCUT2D eigenvalue weighted by molar-refractivity contribution is 5.94. The number of benzene rings is 4. The summed E-state index contributed by atoms with van der Waals surface area (Å²) < 4.78 is 0. The summed E-state index contributed by atoms with van der Waals surface area (Å²) in [4.78, 5) is 0. The summed E-state index contributed by atoms with van der Waals surface area (Å²) in [5.41, 5.74) is 7.56. The first-order valence-electron chi connectivity index (χ1n) is 8.67. The summed E-state index contributed by atoms with van der Waals surface area (Å²) in [7, 11) is 1.00. The molecule has 0 aliphatic rings. The summed E-state index contributed by atoms with van der Waals surface area (Å²) in [6.07, 6.45) is 0. The van der Waals surface area contributed by atoms with E-state index in [4.69, 9.17) is 5.11 Å². The molecule has 0 aliphatic heterocycles. The van der Waals surface area contributed by atoms with Gasteiger partial charge in [-0.1, -0.05) is 109 Å². The fourth-order valence-electron chi connectivity index (χ4n) is 3.18. The number of rotatable bonds is 3. The normalized spacial score (nSPS) is 9.92. The van der Waals surface area contributed by atoms with E-state index in [0.717, 1.165) is 7.11 Å². The molecule has 0 spiro atoms. The Labute approximate surface area is 155 Å². The molecule has 0 saturated carbocycles. The number of aliphatic hydroxyl groups excluding tert-OH is 1. The molecule has 1 heteroatoms. The molecule has 1 N–H and O–H groups in total. The number of hydrogen-bond donors (Lipinski definition) is 1. The third-order valence-electron chi connectivity index (χ3n) is 4.30. The third kappa shape index (κ3) is 3.74. The Morgan fingerprint density at radius 3 is 1.12 bits per heavy atom. The van der Waals surface area contributed by atoms with Crippen LogP contribution in [0.4, 0.5) is 0 Å². The maximum Gasteiger partial charge on any atom is 0.0319 e. The minimum absolute atomic E-state index is 1.00. The lowest BCUT2D eigenvalue weighted by molar-refractivity contribution is 0.399. The van der Waals surface area contributed by atoms with E-state index in [0.29, 0.717) is 0 Å². The van der Waals surface area contributed by atoms with Gasteiger partial charge in [-0.15, -0.1) is 0 Å². The Morgan fingerprint density at radius 2 is 0.731 bits per heavy atom. The van der Waals surface area contributed by atoms with Crippen LogP contribution in [-0.4, -0.2) is 12.2 Å². The summed E-state index contributed by atoms with van der Waals surface area (Å²) >= 11 is 0. The maximum absolute atomic E-state index is 7.00. The number of aliphatic hydroxyl groups is 1. The predicted octanol–water partition coefficient (Wildman–Crippen LogP) is 6.30. The molecule has 0 aromatic heterocycles. The summed E-state index contributed by atoms with van der Waals surface area (Å²) in [6.45, 7) is 0. The molecule has 1 nitrogen and oxygen atoms in total. The highest BCUT2D eigenvalue weighted by Gasteiger charge is 2.13. The maximum atomic E-state index is 7.00. The lowest BCUT2D eigenvalue weighted by atomic mass is 9.88. The standard InChI is InChI=1S/C24H18.CH4O/c1-4-11-19(12-5-1)22-17-10-18-23(20-13-6-2-7-14-20)24(22)21-15-8-3-9-16-21;1-2/h1-18H;2H,1H3. The monoisotopic (exact) mass is 338 g/mol. The first-order valence-corrected chi connectivity index (χ1v) is 8.67. The first-order chi connectivity index (χ1) is 12.9. The fraction of sp³-hybridized carbons (Fsp3) is 0.0400. The molecule has 4 aromatic carbocycles. The van der Waals surface area contributed by atoms with Crippen LogP contribution in [0.5, 0.6) is 0 Å². The van der Waals surface area contributed by atoms with Gasteiger partial charge in [0, 0.05) is 7.11 Å². The molecule has 0 atom stereocenters. The Bertz CT molecular complexity index is 872. The second-order valence-electron chi connectivity index (χ2n) is 5.83. The van der Waals surface area contributed by atoms with Gasteiger partial charge in [0.1, 0.15) is 0 Å². The molecule has 0 unspecified atom stereocenters. The molecular weight excluding hydrogens is 316 g/mol. The van der Waals surface area contributed by atoms with Gasteiger partial charge in [-0.05, 0) is 33.4 Å². The van der Waals surface area contributed by atoms with E-state index in [1.165, 1.54) is 33.4 Å². The van der Waals surface area contributed by atoms with Gasteiger partial charge < -0.3 is 5.11 Å². The molecule has 0 saturated heterocycles. The van der Waals surface area contributed by atoms with Crippen molar-refractivity contribution in [3.63, 3.8) is 0 Å². The van der Waals surface area contributed by atoms with E-state index in [1.807, 2.05) is 0 Å². The Morgan fingerprint density at radius 1 is 0.385 bits per heavy atom. The van der Waals surface area contributed by atoms with Crippen LogP contribution < -0.4 is 0 Å². The van der Waals surface area contributed by atoms with Crippen molar-refractivity contribution in [1.29, 1.82) is 0 Å². The van der Waals surface area contributed by atoms with Crippen LogP contribution in [0, 0.1) is 0 Å². The largest absolute Gasteiger partial charge is 0.400 e.